The SMILES string of the molecule is COCOCCOON=S. The Morgan fingerprint density at radius 1 is 1.40 bits per heavy atom. The molecule has 0 N–H and O–H groups in total. The first-order valence-electron chi connectivity index (χ1n) is 2.59. The van der Waals surface area contributed by atoms with Crippen molar-refractivity contribution in [3.63, 3.8) is 0 Å². The van der Waals surface area contributed by atoms with Crippen LogP contribution in [0.15, 0.2) is 4.53 Å². The predicted molar refractivity (Wildman–Crippen MR) is 34.7 cm³/mol. The van der Waals surface area contributed by atoms with Gasteiger partial charge in [-0.3, -0.25) is 0 Å². The molecular weight excluding hydrogens is 158 g/mol. The Morgan fingerprint density at radius 3 is 2.80 bits per heavy atom. The van der Waals surface area contributed by atoms with Crippen LogP contribution in [0.25, 0.3) is 0 Å². The number of nitrogens with zero attached hydrogens (tertiary/aromatic N) is 1. The van der Waals surface area contributed by atoms with Crippen LogP contribution in [0.4, 0.5) is 0 Å². The Labute approximate surface area is 64.3 Å². The van der Waals surface area contributed by atoms with Crippen molar-refractivity contribution in [2.24, 2.45) is 4.53 Å². The molecule has 0 aliphatic heterocycles. The first-order chi connectivity index (χ1) is 4.91. The van der Waals surface area contributed by atoms with E-state index in [0.717, 1.165) is 0 Å². The molecule has 0 aliphatic rings. The lowest BCUT2D eigenvalue weighted by molar-refractivity contribution is -0.299. The molecule has 0 spiro atoms. The molecule has 0 radical (unpaired) electrons. The minimum Gasteiger partial charge on any atom is -0.359 e. The van der Waals surface area contributed by atoms with E-state index in [2.05, 4.69) is 31.6 Å². The summed E-state index contributed by atoms with van der Waals surface area (Å²) in [7, 11) is 1.54. The summed E-state index contributed by atoms with van der Waals surface area (Å²) in [5.74, 6) is 0. The molecule has 0 unspecified atom stereocenters. The second-order valence-electron chi connectivity index (χ2n) is 1.29. The van der Waals surface area contributed by atoms with Gasteiger partial charge in [0, 0.05) is 11.6 Å². The van der Waals surface area contributed by atoms with Crippen molar-refractivity contribution < 1.29 is 19.3 Å². The van der Waals surface area contributed by atoms with Crippen LogP contribution in [0.3, 0.4) is 0 Å². The van der Waals surface area contributed by atoms with E-state index in [1.54, 1.807) is 0 Å². The average molecular weight is 167 g/mol. The zero-order chi connectivity index (χ0) is 7.66. The number of ether oxygens (including phenoxy) is 2. The summed E-state index contributed by atoms with van der Waals surface area (Å²) in [6.45, 7) is 0.913. The molecule has 0 atom stereocenters. The van der Waals surface area contributed by atoms with Crippen LogP contribution < -0.4 is 0 Å². The van der Waals surface area contributed by atoms with Crippen molar-refractivity contribution in [1.29, 1.82) is 0 Å². The van der Waals surface area contributed by atoms with Gasteiger partial charge in [-0.05, 0) is 0 Å². The summed E-state index contributed by atoms with van der Waals surface area (Å²) in [6, 6.07) is 0. The van der Waals surface area contributed by atoms with Crippen molar-refractivity contribution >= 4 is 12.4 Å². The number of methoxy groups -OCH3 is 1. The third-order valence-corrected chi connectivity index (χ3v) is 0.656. The highest BCUT2D eigenvalue weighted by atomic mass is 32.1. The minimum atomic E-state index is 0.244. The maximum atomic E-state index is 4.83. The third-order valence-electron chi connectivity index (χ3n) is 0.595. The molecule has 5 nitrogen and oxygen atoms in total. The van der Waals surface area contributed by atoms with E-state index >= 15 is 0 Å². The van der Waals surface area contributed by atoms with E-state index in [1.807, 2.05) is 0 Å². The summed E-state index contributed by atoms with van der Waals surface area (Å²) < 4.78 is 12.2. The quantitative estimate of drug-likeness (QED) is 0.234. The van der Waals surface area contributed by atoms with Crippen molar-refractivity contribution in [1.82, 2.24) is 0 Å². The fourth-order valence-corrected chi connectivity index (χ4v) is 0.337. The van der Waals surface area contributed by atoms with E-state index in [-0.39, 0.29) is 13.4 Å². The summed E-state index contributed by atoms with van der Waals surface area (Å²) in [5, 5.41) is 0. The Hall–Kier alpha value is -0.300. The van der Waals surface area contributed by atoms with E-state index in [9.17, 15) is 0 Å². The summed E-state index contributed by atoms with van der Waals surface area (Å²) in [5.41, 5.74) is 0. The van der Waals surface area contributed by atoms with E-state index in [4.69, 9.17) is 4.74 Å². The highest BCUT2D eigenvalue weighted by Gasteiger charge is 1.86. The highest BCUT2D eigenvalue weighted by Crippen LogP contribution is 1.80. The molecule has 0 heterocycles. The zero-order valence-corrected chi connectivity index (χ0v) is 6.43. The fourth-order valence-electron chi connectivity index (χ4n) is 0.294. The van der Waals surface area contributed by atoms with Gasteiger partial charge in [0.05, 0.1) is 19.0 Å². The first kappa shape index (κ1) is 9.70. The van der Waals surface area contributed by atoms with Gasteiger partial charge in [-0.25, -0.2) is 4.99 Å². The summed E-state index contributed by atoms with van der Waals surface area (Å²) in [6.07, 6.45) is 0. The van der Waals surface area contributed by atoms with Gasteiger partial charge in [-0.15, -0.1) is 0 Å². The normalized spacial score (nSPS) is 9.30. The van der Waals surface area contributed by atoms with Crippen LogP contribution in [-0.4, -0.2) is 27.1 Å². The van der Waals surface area contributed by atoms with Gasteiger partial charge in [0.25, 0.3) is 0 Å². The molecule has 10 heavy (non-hydrogen) atoms. The van der Waals surface area contributed by atoms with Crippen LogP contribution in [-0.2, 0) is 31.8 Å². The van der Waals surface area contributed by atoms with Gasteiger partial charge >= 0.3 is 0 Å². The third kappa shape index (κ3) is 7.70. The first-order valence-corrected chi connectivity index (χ1v) is 2.96. The van der Waals surface area contributed by atoms with Crippen LogP contribution in [0, 0.1) is 0 Å². The van der Waals surface area contributed by atoms with Crippen molar-refractivity contribution in [2.75, 3.05) is 27.1 Å². The Bertz CT molecular complexity index is 81.7. The van der Waals surface area contributed by atoms with Gasteiger partial charge in [0.15, 0.2) is 0 Å². The maximum Gasteiger partial charge on any atom is 0.146 e. The molecule has 60 valence electrons. The lowest BCUT2D eigenvalue weighted by atomic mass is 10.8. The molecule has 6 heteroatoms. The zero-order valence-electron chi connectivity index (χ0n) is 5.61. The summed E-state index contributed by atoms with van der Waals surface area (Å²) >= 11 is 4.07. The Kier molecular flexibility index (Phi) is 8.44. The van der Waals surface area contributed by atoms with Gasteiger partial charge in [-0.1, -0.05) is 0 Å². The topological polar surface area (TPSA) is 49.3 Å². The van der Waals surface area contributed by atoms with Gasteiger partial charge in [-0.2, -0.15) is 4.89 Å². The van der Waals surface area contributed by atoms with E-state index in [1.165, 1.54) is 7.11 Å². The van der Waals surface area contributed by atoms with Crippen molar-refractivity contribution in [3.05, 3.63) is 0 Å². The van der Waals surface area contributed by atoms with Crippen molar-refractivity contribution in [2.45, 2.75) is 0 Å². The molecule has 0 aromatic rings. The molecular formula is C4H9NO4S. The smallest absolute Gasteiger partial charge is 0.146 e. The second-order valence-corrected chi connectivity index (χ2v) is 1.43. The average Bonchev–Trinajstić information content (AvgIpc) is 1.97. The fraction of sp³-hybridized carbons (Fsp3) is 1.00. The van der Waals surface area contributed by atoms with Crippen LogP contribution in [0.1, 0.15) is 0 Å². The minimum absolute atomic E-state index is 0.244. The predicted octanol–water partition coefficient (Wildman–Crippen LogP) is 0.201. The van der Waals surface area contributed by atoms with Gasteiger partial charge in [0.2, 0.25) is 0 Å². The summed E-state index contributed by atoms with van der Waals surface area (Å²) in [4.78, 5) is 8.41. The van der Waals surface area contributed by atoms with Gasteiger partial charge in [0.1, 0.15) is 13.4 Å². The lowest BCUT2D eigenvalue weighted by Crippen LogP contribution is -2.04. The largest absolute Gasteiger partial charge is 0.359 e. The Balaban J connectivity index is 2.70. The molecule has 0 bridgehead atoms. The standard InChI is InChI=1S/C4H9NO4S/c1-6-4-7-2-3-8-9-5-10/h2-4H2,1H3. The monoisotopic (exact) mass is 167 g/mol. The van der Waals surface area contributed by atoms with Crippen molar-refractivity contribution in [3.8, 4) is 0 Å². The lowest BCUT2D eigenvalue weighted by Gasteiger charge is -1.99. The van der Waals surface area contributed by atoms with Crippen LogP contribution >= 0.6 is 0 Å². The molecule has 0 saturated carbocycles. The molecule has 0 aromatic heterocycles. The molecule has 0 aromatic carbocycles. The highest BCUT2D eigenvalue weighted by molar-refractivity contribution is 7.47. The molecule has 0 aliphatic carbocycles. The molecule has 0 rings (SSSR count). The number of hydrogen-bond acceptors (Lipinski definition) is 6. The molecule has 0 fully saturated rings. The van der Waals surface area contributed by atoms with Crippen LogP contribution in [0.5, 0.6) is 0 Å². The van der Waals surface area contributed by atoms with Gasteiger partial charge < -0.3 is 9.47 Å². The van der Waals surface area contributed by atoms with E-state index in [0.29, 0.717) is 6.61 Å². The Morgan fingerprint density at radius 2 is 2.20 bits per heavy atom. The number of rotatable bonds is 7. The molecule has 0 saturated heterocycles. The second kappa shape index (κ2) is 8.70. The number of hydrogen-bond donors (Lipinski definition) is 0. The molecule has 0 amide bonds. The maximum absolute atomic E-state index is 4.83. The van der Waals surface area contributed by atoms with Crippen LogP contribution in [0.2, 0.25) is 0 Å². The van der Waals surface area contributed by atoms with E-state index < -0.39 is 0 Å².